The van der Waals surface area contributed by atoms with Crippen LogP contribution in [0.5, 0.6) is 11.5 Å². The van der Waals surface area contributed by atoms with Crippen LogP contribution in [0, 0.1) is 15.9 Å². The third-order valence-electron chi connectivity index (χ3n) is 5.45. The van der Waals surface area contributed by atoms with Gasteiger partial charge in [0.25, 0.3) is 5.69 Å². The normalized spacial score (nSPS) is 14.8. The summed E-state index contributed by atoms with van der Waals surface area (Å²) < 4.78 is 23.8. The summed E-state index contributed by atoms with van der Waals surface area (Å²) in [4.78, 5) is 26.3. The van der Waals surface area contributed by atoms with Crippen LogP contribution in [0.2, 0.25) is 0 Å². The zero-order valence-electron chi connectivity index (χ0n) is 18.5. The van der Waals surface area contributed by atoms with Crippen molar-refractivity contribution in [1.29, 1.82) is 0 Å². The van der Waals surface area contributed by atoms with Crippen LogP contribution >= 0.6 is 0 Å². The van der Waals surface area contributed by atoms with Gasteiger partial charge in [0.15, 0.2) is 11.5 Å². The predicted molar refractivity (Wildman–Crippen MR) is 126 cm³/mol. The Morgan fingerprint density at radius 3 is 2.49 bits per heavy atom. The largest absolute Gasteiger partial charge is 0.454 e. The number of nitro groups is 1. The fourth-order valence-electron chi connectivity index (χ4n) is 3.74. The lowest BCUT2D eigenvalue weighted by Crippen LogP contribution is -2.31. The van der Waals surface area contributed by atoms with Gasteiger partial charge in [0.1, 0.15) is 5.82 Å². The number of nitrogens with zero attached hydrogens (tertiary/aromatic N) is 6. The fourth-order valence-corrected chi connectivity index (χ4v) is 3.74. The lowest BCUT2D eigenvalue weighted by atomic mass is 10.1. The Balaban J connectivity index is 1.41. The number of halogens is 1. The van der Waals surface area contributed by atoms with Crippen molar-refractivity contribution >= 4 is 35.4 Å². The molecule has 0 amide bonds. The van der Waals surface area contributed by atoms with Crippen LogP contribution in [-0.2, 0) is 0 Å². The lowest BCUT2D eigenvalue weighted by Gasteiger charge is -2.26. The second kappa shape index (κ2) is 9.75. The van der Waals surface area contributed by atoms with Crippen LogP contribution in [0.1, 0.15) is 24.8 Å². The first-order chi connectivity index (χ1) is 17.0. The summed E-state index contributed by atoms with van der Waals surface area (Å²) in [6, 6.07) is 8.59. The maximum absolute atomic E-state index is 13.3. The van der Waals surface area contributed by atoms with Gasteiger partial charge in [-0.15, -0.1) is 0 Å². The number of nitrogens with one attached hydrogen (secondary N) is 2. The smallest absolute Gasteiger partial charge is 0.282 e. The Labute approximate surface area is 199 Å². The van der Waals surface area contributed by atoms with Crippen LogP contribution < -0.4 is 25.1 Å². The molecule has 0 aliphatic carbocycles. The number of hydrazone groups is 1. The van der Waals surface area contributed by atoms with Gasteiger partial charge in [-0.3, -0.25) is 10.1 Å². The Bertz CT molecular complexity index is 1270. The Morgan fingerprint density at radius 1 is 1.03 bits per heavy atom. The SMILES string of the molecule is O=[N+]([O-])c1cc2c(cc1/C=N/Nc1nc(Nc3ccc(F)cc3)nc(N3CCCCC3)n1)OCO2. The van der Waals surface area contributed by atoms with Crippen molar-refractivity contribution in [1.82, 2.24) is 15.0 Å². The van der Waals surface area contributed by atoms with Crippen molar-refractivity contribution in [3.05, 3.63) is 57.9 Å². The summed E-state index contributed by atoms with van der Waals surface area (Å²) in [6.45, 7) is 1.62. The lowest BCUT2D eigenvalue weighted by molar-refractivity contribution is -0.385. The first-order valence-electron chi connectivity index (χ1n) is 11.0. The minimum atomic E-state index is -0.522. The number of hydrogen-bond acceptors (Lipinski definition) is 11. The van der Waals surface area contributed by atoms with Crippen molar-refractivity contribution in [3.8, 4) is 11.5 Å². The minimum absolute atomic E-state index is 0.000696. The van der Waals surface area contributed by atoms with Crippen LogP contribution in [0.25, 0.3) is 0 Å². The van der Waals surface area contributed by atoms with Crippen LogP contribution in [-0.4, -0.2) is 46.0 Å². The number of ether oxygens (including phenoxy) is 2. The predicted octanol–water partition coefficient (Wildman–Crippen LogP) is 3.83. The van der Waals surface area contributed by atoms with Crippen molar-refractivity contribution in [3.63, 3.8) is 0 Å². The van der Waals surface area contributed by atoms with E-state index in [0.717, 1.165) is 32.4 Å². The number of piperidine rings is 1. The van der Waals surface area contributed by atoms with E-state index in [9.17, 15) is 14.5 Å². The van der Waals surface area contributed by atoms with E-state index >= 15 is 0 Å². The molecule has 0 unspecified atom stereocenters. The molecule has 2 aromatic carbocycles. The van der Waals surface area contributed by atoms with E-state index in [1.807, 2.05) is 0 Å². The molecular formula is C22H21FN8O4. The van der Waals surface area contributed by atoms with E-state index in [4.69, 9.17) is 9.47 Å². The number of benzene rings is 2. The molecule has 0 spiro atoms. The highest BCUT2D eigenvalue weighted by Gasteiger charge is 2.22. The number of hydrogen-bond donors (Lipinski definition) is 2. The quantitative estimate of drug-likeness (QED) is 0.291. The molecule has 1 aromatic heterocycles. The molecule has 180 valence electrons. The summed E-state index contributed by atoms with van der Waals surface area (Å²) in [6.07, 6.45) is 4.49. The van der Waals surface area contributed by atoms with E-state index in [2.05, 4.69) is 35.7 Å². The summed E-state index contributed by atoms with van der Waals surface area (Å²) in [7, 11) is 0. The molecule has 5 rings (SSSR count). The highest BCUT2D eigenvalue weighted by atomic mass is 19.1. The number of aromatic nitrogens is 3. The third-order valence-corrected chi connectivity index (χ3v) is 5.45. The van der Waals surface area contributed by atoms with E-state index in [1.165, 1.54) is 30.5 Å². The van der Waals surface area contributed by atoms with Gasteiger partial charge in [0, 0.05) is 18.8 Å². The van der Waals surface area contributed by atoms with Crippen molar-refractivity contribution < 1.29 is 18.8 Å². The molecule has 1 saturated heterocycles. The summed E-state index contributed by atoms with van der Waals surface area (Å²) >= 11 is 0. The molecule has 0 radical (unpaired) electrons. The van der Waals surface area contributed by atoms with Gasteiger partial charge in [-0.1, -0.05) is 0 Å². The highest BCUT2D eigenvalue weighted by Crippen LogP contribution is 2.37. The Morgan fingerprint density at radius 2 is 1.74 bits per heavy atom. The monoisotopic (exact) mass is 480 g/mol. The molecule has 12 nitrogen and oxygen atoms in total. The molecule has 1 fully saturated rings. The molecule has 0 saturated carbocycles. The third kappa shape index (κ3) is 5.18. The molecule has 3 aromatic rings. The maximum atomic E-state index is 13.3. The number of fused-ring (bicyclic) bond motifs is 1. The van der Waals surface area contributed by atoms with Crippen LogP contribution in [0.15, 0.2) is 41.5 Å². The van der Waals surface area contributed by atoms with Crippen LogP contribution in [0.4, 0.5) is 33.6 Å². The highest BCUT2D eigenvalue weighted by molar-refractivity contribution is 5.87. The zero-order chi connectivity index (χ0) is 24.2. The summed E-state index contributed by atoms with van der Waals surface area (Å²) in [5.41, 5.74) is 3.38. The molecular weight excluding hydrogens is 459 g/mol. The molecule has 2 aliphatic rings. The molecule has 13 heteroatoms. The van der Waals surface area contributed by atoms with E-state index in [0.29, 0.717) is 23.1 Å². The Kier molecular flexibility index (Phi) is 6.20. The molecule has 0 atom stereocenters. The molecule has 35 heavy (non-hydrogen) atoms. The second-order valence-electron chi connectivity index (χ2n) is 7.85. The van der Waals surface area contributed by atoms with Crippen molar-refractivity contribution in [2.75, 3.05) is 35.5 Å². The van der Waals surface area contributed by atoms with E-state index in [-0.39, 0.29) is 35.8 Å². The standard InChI is InChI=1S/C22H21FN8O4/c23-15-4-6-16(7-5-15)25-20-26-21(28-22(27-20)30-8-2-1-3-9-30)29-24-12-14-10-18-19(35-13-34-18)11-17(14)31(32)33/h4-7,10-12H,1-3,8-9,13H2,(H2,25,26,27,28,29)/b24-12+. The molecule has 3 heterocycles. The van der Waals surface area contributed by atoms with Crippen molar-refractivity contribution in [2.24, 2.45) is 5.10 Å². The van der Waals surface area contributed by atoms with Crippen LogP contribution in [0.3, 0.4) is 0 Å². The zero-order valence-corrected chi connectivity index (χ0v) is 18.5. The van der Waals surface area contributed by atoms with Gasteiger partial charge in [-0.25, -0.2) is 9.82 Å². The van der Waals surface area contributed by atoms with Gasteiger partial charge in [-0.2, -0.15) is 20.1 Å². The second-order valence-corrected chi connectivity index (χ2v) is 7.85. The van der Waals surface area contributed by atoms with Gasteiger partial charge in [0.05, 0.1) is 22.8 Å². The van der Waals surface area contributed by atoms with E-state index < -0.39 is 4.92 Å². The maximum Gasteiger partial charge on any atom is 0.282 e. The van der Waals surface area contributed by atoms with Crippen molar-refractivity contribution in [2.45, 2.75) is 19.3 Å². The summed E-state index contributed by atoms with van der Waals surface area (Å²) in [5.74, 6) is 1.21. The average molecular weight is 480 g/mol. The minimum Gasteiger partial charge on any atom is -0.454 e. The van der Waals surface area contributed by atoms with Gasteiger partial charge >= 0.3 is 0 Å². The topological polar surface area (TPSA) is 140 Å². The number of rotatable bonds is 7. The fraction of sp³-hybridized carbons (Fsp3) is 0.273. The molecule has 2 aliphatic heterocycles. The van der Waals surface area contributed by atoms with Gasteiger partial charge in [-0.05, 0) is 49.6 Å². The van der Waals surface area contributed by atoms with Gasteiger partial charge in [0.2, 0.25) is 24.6 Å². The first kappa shape index (κ1) is 22.3. The summed E-state index contributed by atoms with van der Waals surface area (Å²) in [5, 5.41) is 18.6. The van der Waals surface area contributed by atoms with Gasteiger partial charge < -0.3 is 19.7 Å². The molecule has 0 bridgehead atoms. The molecule has 2 N–H and O–H groups in total. The number of anilines is 4. The first-order valence-corrected chi connectivity index (χ1v) is 11.0. The Hall–Kier alpha value is -4.55. The average Bonchev–Trinajstić information content (AvgIpc) is 3.33. The van der Waals surface area contributed by atoms with E-state index in [1.54, 1.807) is 12.1 Å². The number of nitro benzene ring substituents is 1.